The van der Waals surface area contributed by atoms with Gasteiger partial charge < -0.3 is 14.5 Å². The molecule has 1 amide bonds. The van der Waals surface area contributed by atoms with Crippen molar-refractivity contribution < 1.29 is 9.53 Å². The van der Waals surface area contributed by atoms with E-state index in [1.165, 1.54) is 0 Å². The van der Waals surface area contributed by atoms with Crippen LogP contribution in [-0.4, -0.2) is 37.6 Å². The van der Waals surface area contributed by atoms with Crippen LogP contribution in [0.1, 0.15) is 22.7 Å². The third kappa shape index (κ3) is 5.67. The molecule has 1 heterocycles. The molecule has 1 atom stereocenters. The summed E-state index contributed by atoms with van der Waals surface area (Å²) in [5.74, 6) is 0.944. The number of methoxy groups -OCH3 is 1. The van der Waals surface area contributed by atoms with E-state index >= 15 is 0 Å². The molecular weight excluding hydrogens is 515 g/mol. The molecule has 0 saturated carbocycles. The summed E-state index contributed by atoms with van der Waals surface area (Å²) in [4.78, 5) is 17.7. The van der Waals surface area contributed by atoms with Crippen molar-refractivity contribution in [2.75, 3.05) is 31.6 Å². The number of hydrogen-bond donors (Lipinski definition) is 0. The maximum atomic E-state index is 13.4. The molecule has 194 valence electrons. The van der Waals surface area contributed by atoms with Crippen LogP contribution in [0.4, 0.5) is 5.69 Å². The van der Waals surface area contributed by atoms with Gasteiger partial charge in [-0.2, -0.15) is 0 Å². The Bertz CT molecular complexity index is 1420. The lowest BCUT2D eigenvalue weighted by Crippen LogP contribution is -2.51. The molecule has 1 aliphatic heterocycles. The van der Waals surface area contributed by atoms with Crippen molar-refractivity contribution in [1.82, 2.24) is 4.90 Å². The smallest absolute Gasteiger partial charge is 0.227 e. The zero-order chi connectivity index (χ0) is 26.6. The van der Waals surface area contributed by atoms with Crippen molar-refractivity contribution in [1.29, 1.82) is 0 Å². The van der Waals surface area contributed by atoms with Crippen LogP contribution < -0.4 is 9.64 Å². The van der Waals surface area contributed by atoms with Crippen LogP contribution in [-0.2, 0) is 11.2 Å². The SMILES string of the molecule is COc1ccccc1-c1ccc(CC(=O)N2CCN(c3ccc(C)cc3Cl)C(c3ccc(Cl)cc3)C2)cc1. The lowest BCUT2D eigenvalue weighted by Gasteiger charge is -2.43. The van der Waals surface area contributed by atoms with Crippen LogP contribution in [0.5, 0.6) is 5.75 Å². The Labute approximate surface area is 234 Å². The summed E-state index contributed by atoms with van der Waals surface area (Å²) in [5.41, 5.74) is 6.28. The fraction of sp³-hybridized carbons (Fsp3) is 0.219. The summed E-state index contributed by atoms with van der Waals surface area (Å²) in [5, 5.41) is 1.41. The average Bonchev–Trinajstić information content (AvgIpc) is 2.94. The molecule has 0 N–H and O–H groups in total. The second-order valence-electron chi connectivity index (χ2n) is 9.63. The van der Waals surface area contributed by atoms with E-state index in [4.69, 9.17) is 27.9 Å². The fourth-order valence-electron chi connectivity index (χ4n) is 5.08. The highest BCUT2D eigenvalue weighted by molar-refractivity contribution is 6.33. The number of halogens is 2. The topological polar surface area (TPSA) is 32.8 Å². The lowest BCUT2D eigenvalue weighted by atomic mass is 9.99. The molecule has 0 spiro atoms. The molecule has 0 radical (unpaired) electrons. The largest absolute Gasteiger partial charge is 0.496 e. The van der Waals surface area contributed by atoms with Crippen LogP contribution in [0.15, 0.2) is 91.0 Å². The van der Waals surface area contributed by atoms with Gasteiger partial charge in [-0.1, -0.05) is 83.9 Å². The van der Waals surface area contributed by atoms with Crippen LogP contribution in [0.3, 0.4) is 0 Å². The van der Waals surface area contributed by atoms with Gasteiger partial charge in [-0.05, 0) is 59.5 Å². The second-order valence-corrected chi connectivity index (χ2v) is 10.5. The first-order chi connectivity index (χ1) is 18.4. The number of carbonyl (C=O) groups excluding carboxylic acids is 1. The number of piperazine rings is 1. The Balaban J connectivity index is 1.34. The number of ether oxygens (including phenoxy) is 1. The third-order valence-corrected chi connectivity index (χ3v) is 7.68. The van der Waals surface area contributed by atoms with E-state index in [2.05, 4.69) is 17.0 Å². The minimum Gasteiger partial charge on any atom is -0.496 e. The molecule has 1 aliphatic rings. The van der Waals surface area contributed by atoms with Gasteiger partial charge in [-0.3, -0.25) is 4.79 Å². The monoisotopic (exact) mass is 544 g/mol. The van der Waals surface area contributed by atoms with Gasteiger partial charge in [0.15, 0.2) is 0 Å². The van der Waals surface area contributed by atoms with Gasteiger partial charge >= 0.3 is 0 Å². The fourth-order valence-corrected chi connectivity index (χ4v) is 5.55. The van der Waals surface area contributed by atoms with Crippen molar-refractivity contribution in [3.63, 3.8) is 0 Å². The number of benzene rings is 4. The lowest BCUT2D eigenvalue weighted by molar-refractivity contribution is -0.131. The highest BCUT2D eigenvalue weighted by Gasteiger charge is 2.31. The van der Waals surface area contributed by atoms with Gasteiger partial charge in [-0.25, -0.2) is 0 Å². The van der Waals surface area contributed by atoms with Crippen molar-refractivity contribution in [3.8, 4) is 16.9 Å². The van der Waals surface area contributed by atoms with Gasteiger partial charge in [0.2, 0.25) is 5.91 Å². The first kappa shape index (κ1) is 26.1. The number of aryl methyl sites for hydroxylation is 1. The first-order valence-corrected chi connectivity index (χ1v) is 13.5. The Morgan fingerprint density at radius 2 is 1.66 bits per heavy atom. The number of para-hydroxylation sites is 1. The Hall–Kier alpha value is -3.47. The minimum atomic E-state index is -0.0295. The Kier molecular flexibility index (Phi) is 7.92. The maximum Gasteiger partial charge on any atom is 0.227 e. The highest BCUT2D eigenvalue weighted by Crippen LogP contribution is 2.36. The standard InChI is InChI=1S/C32H30Cl2N2O2/c1-22-7-16-29(28(34)19-22)36-18-17-35(21-30(36)25-12-14-26(33)15-13-25)32(37)20-23-8-10-24(11-9-23)27-5-3-4-6-31(27)38-2/h3-16,19,30H,17-18,20-21H2,1-2H3. The van der Waals surface area contributed by atoms with E-state index in [1.807, 2.05) is 90.7 Å². The summed E-state index contributed by atoms with van der Waals surface area (Å²) in [6.45, 7) is 3.93. The quantitative estimate of drug-likeness (QED) is 0.250. The van der Waals surface area contributed by atoms with Crippen LogP contribution in [0.2, 0.25) is 10.0 Å². The number of rotatable bonds is 6. The maximum absolute atomic E-state index is 13.4. The summed E-state index contributed by atoms with van der Waals surface area (Å²) in [6, 6.07) is 30.1. The van der Waals surface area contributed by atoms with E-state index in [0.717, 1.165) is 44.3 Å². The van der Waals surface area contributed by atoms with E-state index in [9.17, 15) is 4.79 Å². The normalized spacial score (nSPS) is 15.4. The number of anilines is 1. The molecule has 6 heteroatoms. The van der Waals surface area contributed by atoms with E-state index < -0.39 is 0 Å². The molecule has 0 aliphatic carbocycles. The number of nitrogens with zero attached hydrogens (tertiary/aromatic N) is 2. The van der Waals surface area contributed by atoms with Gasteiger partial charge in [0.05, 0.1) is 30.3 Å². The highest BCUT2D eigenvalue weighted by atomic mass is 35.5. The van der Waals surface area contributed by atoms with Crippen molar-refractivity contribution in [3.05, 3.63) is 118 Å². The molecule has 4 aromatic rings. The van der Waals surface area contributed by atoms with E-state index in [-0.39, 0.29) is 11.9 Å². The van der Waals surface area contributed by atoms with Crippen molar-refractivity contribution >= 4 is 34.8 Å². The predicted molar refractivity (Wildman–Crippen MR) is 156 cm³/mol. The molecule has 1 saturated heterocycles. The number of amides is 1. The Morgan fingerprint density at radius 3 is 2.37 bits per heavy atom. The average molecular weight is 546 g/mol. The van der Waals surface area contributed by atoms with Gasteiger partial charge in [0.1, 0.15) is 5.75 Å². The minimum absolute atomic E-state index is 0.0295. The first-order valence-electron chi connectivity index (χ1n) is 12.7. The summed E-state index contributed by atoms with van der Waals surface area (Å²) in [6.07, 6.45) is 0.352. The third-order valence-electron chi connectivity index (χ3n) is 7.13. The van der Waals surface area contributed by atoms with Crippen LogP contribution in [0.25, 0.3) is 11.1 Å². The van der Waals surface area contributed by atoms with E-state index in [1.54, 1.807) is 7.11 Å². The molecule has 4 nitrogen and oxygen atoms in total. The van der Waals surface area contributed by atoms with Gasteiger partial charge in [-0.15, -0.1) is 0 Å². The molecule has 38 heavy (non-hydrogen) atoms. The van der Waals surface area contributed by atoms with E-state index in [0.29, 0.717) is 31.1 Å². The van der Waals surface area contributed by atoms with Crippen LogP contribution >= 0.6 is 23.2 Å². The summed E-state index contributed by atoms with van der Waals surface area (Å²) >= 11 is 12.8. The van der Waals surface area contributed by atoms with Gasteiger partial charge in [0, 0.05) is 30.2 Å². The molecular formula is C32H30Cl2N2O2. The summed E-state index contributed by atoms with van der Waals surface area (Å²) in [7, 11) is 1.68. The molecule has 0 bridgehead atoms. The number of hydrogen-bond acceptors (Lipinski definition) is 3. The molecule has 4 aromatic carbocycles. The molecule has 5 rings (SSSR count). The van der Waals surface area contributed by atoms with Crippen molar-refractivity contribution in [2.24, 2.45) is 0 Å². The number of carbonyl (C=O) groups is 1. The van der Waals surface area contributed by atoms with Gasteiger partial charge in [0.25, 0.3) is 0 Å². The van der Waals surface area contributed by atoms with Crippen molar-refractivity contribution in [2.45, 2.75) is 19.4 Å². The predicted octanol–water partition coefficient (Wildman–Crippen LogP) is 7.61. The molecule has 0 aromatic heterocycles. The summed E-state index contributed by atoms with van der Waals surface area (Å²) < 4.78 is 5.50. The van der Waals surface area contributed by atoms with Crippen LogP contribution in [0, 0.1) is 6.92 Å². The zero-order valence-electron chi connectivity index (χ0n) is 21.5. The molecule has 1 fully saturated rings. The zero-order valence-corrected chi connectivity index (χ0v) is 23.0. The molecule has 1 unspecified atom stereocenters. The Morgan fingerprint density at radius 1 is 0.921 bits per heavy atom. The second kappa shape index (κ2) is 11.5.